The Kier molecular flexibility index (Phi) is 22.8. The molecule has 1 rings (SSSR count). The second kappa shape index (κ2) is 25.2. The van der Waals surface area contributed by atoms with Crippen molar-refractivity contribution < 1.29 is 44.6 Å². The number of cyclic esters (lactones) is 1. The number of hydrogen-bond acceptors (Lipinski definition) is 9. The number of rotatable bonds is 17. The number of allylic oxidation sites excluding steroid dienone is 10. The number of aliphatic hydroxyl groups excluding tert-OH is 5. The Morgan fingerprint density at radius 3 is 2.17 bits per heavy atom. The molecule has 1 aliphatic heterocycles. The second-order valence-corrected chi connectivity index (χ2v) is 16.1. The summed E-state index contributed by atoms with van der Waals surface area (Å²) in [5.74, 6) is -0.620. The highest BCUT2D eigenvalue weighted by atomic mass is 16.5. The molecule has 0 aromatic carbocycles. The van der Waals surface area contributed by atoms with E-state index in [1.54, 1.807) is 32.9 Å². The highest BCUT2D eigenvalue weighted by Crippen LogP contribution is 2.28. The Balaban J connectivity index is 2.94. The predicted molar refractivity (Wildman–Crippen MR) is 217 cm³/mol. The average molecular weight is 757 g/mol. The van der Waals surface area contributed by atoms with Gasteiger partial charge < -0.3 is 35.0 Å². The third kappa shape index (κ3) is 20.6. The van der Waals surface area contributed by atoms with Crippen LogP contribution in [0.1, 0.15) is 128 Å². The zero-order chi connectivity index (χ0) is 41.1. The first-order chi connectivity index (χ1) is 25.2. The molecule has 0 aromatic heterocycles. The molecule has 9 heteroatoms. The topological polar surface area (TPSA) is 154 Å². The van der Waals surface area contributed by atoms with Gasteiger partial charge in [0.1, 0.15) is 12.2 Å². The van der Waals surface area contributed by atoms with Crippen LogP contribution in [0.4, 0.5) is 0 Å². The van der Waals surface area contributed by atoms with Gasteiger partial charge in [-0.1, -0.05) is 91.2 Å². The highest BCUT2D eigenvalue weighted by molar-refractivity contribution is 5.88. The molecule has 10 atom stereocenters. The summed E-state index contributed by atoms with van der Waals surface area (Å²) >= 11 is 0. The standard InChI is InChI=1S/C45H72O9/c1-28(14-12-15-29(2)25-40(49)41(50)27-38(11)47)20-31(4)24-36(9)45(52)54-42-16-13-17-44(51)53-43(19-18-30(3)21-34(42)7)35(8)23-32(5)22-33(6)39(48)26-37(10)46/h12,14-15,18,20,22,24-25,33-35,37-43,46-50H,13,16-17,19,21,23,26-27H2,1-11H3/b15-12+,28-14?,29-25+,30-18+,31-20?,32-22+,36-24+/t33-,34+,35+,37-,38+,39-,40+,41+,42+,43-/m1/s1. The lowest BCUT2D eigenvalue weighted by Crippen LogP contribution is -2.28. The van der Waals surface area contributed by atoms with Crippen molar-refractivity contribution in [2.75, 3.05) is 0 Å². The van der Waals surface area contributed by atoms with Crippen LogP contribution in [0.2, 0.25) is 0 Å². The molecule has 0 amide bonds. The zero-order valence-corrected chi connectivity index (χ0v) is 34.9. The summed E-state index contributed by atoms with van der Waals surface area (Å²) in [6, 6.07) is 0. The molecule has 0 unspecified atom stereocenters. The summed E-state index contributed by atoms with van der Waals surface area (Å²) in [7, 11) is 0. The van der Waals surface area contributed by atoms with E-state index >= 15 is 0 Å². The summed E-state index contributed by atoms with van der Waals surface area (Å²) in [6.07, 6.45) is 14.2. The molecule has 0 fully saturated rings. The fraction of sp³-hybridized carbons (Fsp3) is 0.644. The SMILES string of the molecule is CC(=C/C=C/C(C)=C/[C@H](O)[C@@H](O)C[C@H](C)O)C=C(C)/C=C(\C)C(=O)O[C@H]1CCCC(=O)O[C@@H]([C@@H](C)C/C(C)=C/[C@@H](C)[C@H](O)C[C@@H](C)O)C/C=C(\C)C[C@@H]1C. The van der Waals surface area contributed by atoms with Crippen LogP contribution < -0.4 is 0 Å². The molecule has 0 radical (unpaired) electrons. The lowest BCUT2D eigenvalue weighted by atomic mass is 9.89. The van der Waals surface area contributed by atoms with Gasteiger partial charge in [0.15, 0.2) is 0 Å². The number of esters is 2. The monoisotopic (exact) mass is 757 g/mol. The van der Waals surface area contributed by atoms with Gasteiger partial charge in [-0.3, -0.25) is 4.79 Å². The van der Waals surface area contributed by atoms with Crippen LogP contribution in [0, 0.1) is 17.8 Å². The number of carbonyl (C=O) groups is 2. The third-order valence-corrected chi connectivity index (χ3v) is 9.75. The van der Waals surface area contributed by atoms with E-state index < -0.39 is 30.5 Å². The van der Waals surface area contributed by atoms with Crippen molar-refractivity contribution in [3.63, 3.8) is 0 Å². The Morgan fingerprint density at radius 2 is 1.54 bits per heavy atom. The molecule has 5 N–H and O–H groups in total. The maximum absolute atomic E-state index is 13.3. The minimum absolute atomic E-state index is 0.0535. The normalized spacial score (nSPS) is 25.6. The van der Waals surface area contributed by atoms with Crippen molar-refractivity contribution in [1.82, 2.24) is 0 Å². The number of carbonyl (C=O) groups excluding carboxylic acids is 2. The van der Waals surface area contributed by atoms with Crippen LogP contribution in [0.15, 0.2) is 82.0 Å². The van der Waals surface area contributed by atoms with Crippen LogP contribution in [0.3, 0.4) is 0 Å². The average Bonchev–Trinajstić information content (AvgIpc) is 3.04. The van der Waals surface area contributed by atoms with Gasteiger partial charge in [0.05, 0.1) is 30.5 Å². The number of ether oxygens (including phenoxy) is 2. The first-order valence-corrected chi connectivity index (χ1v) is 19.7. The summed E-state index contributed by atoms with van der Waals surface area (Å²) in [4.78, 5) is 26.3. The summed E-state index contributed by atoms with van der Waals surface area (Å²) in [5, 5.41) is 49.5. The molecular weight excluding hydrogens is 684 g/mol. The van der Waals surface area contributed by atoms with E-state index in [2.05, 4.69) is 26.8 Å². The molecule has 0 bridgehead atoms. The minimum Gasteiger partial charge on any atom is -0.462 e. The Morgan fingerprint density at radius 1 is 0.907 bits per heavy atom. The van der Waals surface area contributed by atoms with Crippen LogP contribution in [0.25, 0.3) is 0 Å². The fourth-order valence-electron chi connectivity index (χ4n) is 6.76. The second-order valence-electron chi connectivity index (χ2n) is 16.1. The molecule has 0 aliphatic carbocycles. The third-order valence-electron chi connectivity index (χ3n) is 9.75. The van der Waals surface area contributed by atoms with Gasteiger partial charge in [0.2, 0.25) is 0 Å². The lowest BCUT2D eigenvalue weighted by Gasteiger charge is -2.27. The van der Waals surface area contributed by atoms with E-state index in [1.807, 2.05) is 65.0 Å². The van der Waals surface area contributed by atoms with Gasteiger partial charge in [-0.15, -0.1) is 0 Å². The highest BCUT2D eigenvalue weighted by Gasteiger charge is 2.26. The predicted octanol–water partition coefficient (Wildman–Crippen LogP) is 7.93. The van der Waals surface area contributed by atoms with Gasteiger partial charge in [-0.2, -0.15) is 0 Å². The summed E-state index contributed by atoms with van der Waals surface area (Å²) < 4.78 is 12.1. The van der Waals surface area contributed by atoms with Crippen LogP contribution >= 0.6 is 0 Å². The zero-order valence-electron chi connectivity index (χ0n) is 34.9. The molecular formula is C45H72O9. The summed E-state index contributed by atoms with van der Waals surface area (Å²) in [5.41, 5.74) is 5.34. The van der Waals surface area contributed by atoms with E-state index in [9.17, 15) is 35.1 Å². The van der Waals surface area contributed by atoms with Gasteiger partial charge in [-0.05, 0) is 105 Å². The number of aliphatic hydroxyl groups is 5. The van der Waals surface area contributed by atoms with Crippen LogP contribution in [-0.4, -0.2) is 80.2 Å². The maximum Gasteiger partial charge on any atom is 0.334 e. The first kappa shape index (κ1) is 48.9. The molecule has 54 heavy (non-hydrogen) atoms. The van der Waals surface area contributed by atoms with Crippen molar-refractivity contribution >= 4 is 11.9 Å². The maximum atomic E-state index is 13.3. The van der Waals surface area contributed by atoms with E-state index in [0.29, 0.717) is 31.3 Å². The Bertz CT molecular complexity index is 1390. The van der Waals surface area contributed by atoms with E-state index in [1.165, 1.54) is 0 Å². The minimum atomic E-state index is -1.07. The fourth-order valence-corrected chi connectivity index (χ4v) is 6.76. The van der Waals surface area contributed by atoms with Crippen molar-refractivity contribution in [3.8, 4) is 0 Å². The molecule has 0 saturated heterocycles. The van der Waals surface area contributed by atoms with Crippen molar-refractivity contribution in [3.05, 3.63) is 82.0 Å². The van der Waals surface area contributed by atoms with Gasteiger partial charge in [0, 0.05) is 30.8 Å². The Hall–Kier alpha value is -3.08. The van der Waals surface area contributed by atoms with Crippen LogP contribution in [-0.2, 0) is 19.1 Å². The number of hydrogen-bond donors (Lipinski definition) is 5. The smallest absolute Gasteiger partial charge is 0.334 e. The van der Waals surface area contributed by atoms with Crippen LogP contribution in [0.5, 0.6) is 0 Å². The van der Waals surface area contributed by atoms with Gasteiger partial charge >= 0.3 is 11.9 Å². The van der Waals surface area contributed by atoms with Gasteiger partial charge in [0.25, 0.3) is 0 Å². The summed E-state index contributed by atoms with van der Waals surface area (Å²) in [6.45, 7) is 20.9. The molecule has 1 aliphatic rings. The molecule has 9 nitrogen and oxygen atoms in total. The van der Waals surface area contributed by atoms with E-state index in [-0.39, 0.29) is 54.7 Å². The van der Waals surface area contributed by atoms with E-state index in [4.69, 9.17) is 9.47 Å². The van der Waals surface area contributed by atoms with Crippen molar-refractivity contribution in [2.24, 2.45) is 17.8 Å². The lowest BCUT2D eigenvalue weighted by molar-refractivity contribution is -0.152. The van der Waals surface area contributed by atoms with Crippen molar-refractivity contribution in [1.29, 1.82) is 0 Å². The van der Waals surface area contributed by atoms with Crippen molar-refractivity contribution in [2.45, 2.75) is 170 Å². The molecule has 306 valence electrons. The quantitative estimate of drug-likeness (QED) is 0.0431. The molecule has 0 aromatic rings. The molecule has 1 heterocycles. The molecule has 0 saturated carbocycles. The molecule has 0 spiro atoms. The Labute approximate surface area is 325 Å². The largest absolute Gasteiger partial charge is 0.462 e. The first-order valence-electron chi connectivity index (χ1n) is 19.7. The van der Waals surface area contributed by atoms with E-state index in [0.717, 1.165) is 40.7 Å². The van der Waals surface area contributed by atoms with Gasteiger partial charge in [-0.25, -0.2) is 4.79 Å².